The van der Waals surface area contributed by atoms with E-state index >= 15 is 0 Å². The molecule has 0 aromatic heterocycles. The van der Waals surface area contributed by atoms with Gasteiger partial charge in [0.05, 0.1) is 11.8 Å². The number of hydrogen-bond donors (Lipinski definition) is 1. The summed E-state index contributed by atoms with van der Waals surface area (Å²) in [6, 6.07) is 29.9. The average molecular weight is 550 g/mol. The smallest absolute Gasteiger partial charge is 0.275 e. The SMILES string of the molecule is O=C(N/N=C/c1cc(Br)ccc1OCc1ccccc1)c1ccccc1OCc1ccc(Cl)cc1. The van der Waals surface area contributed by atoms with Crippen LogP contribution in [-0.2, 0) is 13.2 Å². The number of carbonyl (C=O) groups is 1. The summed E-state index contributed by atoms with van der Waals surface area (Å²) in [7, 11) is 0. The summed E-state index contributed by atoms with van der Waals surface area (Å²) in [5, 5.41) is 4.81. The molecule has 0 aliphatic carbocycles. The van der Waals surface area contributed by atoms with Crippen molar-refractivity contribution in [3.05, 3.63) is 129 Å². The first-order valence-corrected chi connectivity index (χ1v) is 12.0. The number of para-hydroxylation sites is 1. The molecule has 0 saturated heterocycles. The Hall–Kier alpha value is -3.61. The van der Waals surface area contributed by atoms with Crippen LogP contribution in [0.2, 0.25) is 5.02 Å². The van der Waals surface area contributed by atoms with Crippen molar-refractivity contribution in [2.75, 3.05) is 0 Å². The highest BCUT2D eigenvalue weighted by Gasteiger charge is 2.12. The third kappa shape index (κ3) is 7.18. The molecule has 0 aliphatic heterocycles. The Labute approximate surface area is 217 Å². The molecular weight excluding hydrogens is 528 g/mol. The summed E-state index contributed by atoms with van der Waals surface area (Å²) in [5.41, 5.74) is 5.69. The molecule has 0 spiro atoms. The molecule has 1 amide bonds. The Balaban J connectivity index is 1.41. The van der Waals surface area contributed by atoms with Crippen LogP contribution in [0.25, 0.3) is 0 Å². The van der Waals surface area contributed by atoms with E-state index in [2.05, 4.69) is 26.5 Å². The number of benzene rings is 4. The van der Waals surface area contributed by atoms with Gasteiger partial charge in [0, 0.05) is 15.1 Å². The third-order valence-corrected chi connectivity index (χ3v) is 5.76. The molecule has 0 heterocycles. The molecule has 0 fully saturated rings. The minimum Gasteiger partial charge on any atom is -0.488 e. The fourth-order valence-electron chi connectivity index (χ4n) is 3.23. The highest BCUT2D eigenvalue weighted by Crippen LogP contribution is 2.23. The summed E-state index contributed by atoms with van der Waals surface area (Å²) >= 11 is 9.41. The zero-order valence-electron chi connectivity index (χ0n) is 18.7. The Bertz CT molecular complexity index is 1310. The van der Waals surface area contributed by atoms with E-state index in [1.54, 1.807) is 36.5 Å². The molecule has 5 nitrogen and oxygen atoms in total. The maximum atomic E-state index is 12.8. The van der Waals surface area contributed by atoms with Crippen LogP contribution in [0.4, 0.5) is 0 Å². The third-order valence-electron chi connectivity index (χ3n) is 5.02. The van der Waals surface area contributed by atoms with Crippen LogP contribution in [0, 0.1) is 0 Å². The van der Waals surface area contributed by atoms with Gasteiger partial charge in [0.25, 0.3) is 5.91 Å². The minimum absolute atomic E-state index is 0.310. The summed E-state index contributed by atoms with van der Waals surface area (Å²) in [4.78, 5) is 12.8. The Morgan fingerprint density at radius 3 is 2.26 bits per heavy atom. The van der Waals surface area contributed by atoms with Gasteiger partial charge in [-0.05, 0) is 53.6 Å². The van der Waals surface area contributed by atoms with Crippen molar-refractivity contribution >= 4 is 39.7 Å². The van der Waals surface area contributed by atoms with Gasteiger partial charge in [-0.15, -0.1) is 0 Å². The molecule has 35 heavy (non-hydrogen) atoms. The maximum absolute atomic E-state index is 12.8. The van der Waals surface area contributed by atoms with E-state index in [0.717, 1.165) is 21.2 Å². The predicted octanol–water partition coefficient (Wildman–Crippen LogP) is 7.02. The quantitative estimate of drug-likeness (QED) is 0.180. The number of ether oxygens (including phenoxy) is 2. The molecule has 176 valence electrons. The molecule has 4 aromatic rings. The van der Waals surface area contributed by atoms with E-state index in [1.807, 2.05) is 66.7 Å². The molecule has 0 bridgehead atoms. The van der Waals surface area contributed by atoms with Gasteiger partial charge in [-0.2, -0.15) is 5.10 Å². The highest BCUT2D eigenvalue weighted by molar-refractivity contribution is 9.10. The first-order chi connectivity index (χ1) is 17.1. The molecule has 7 heteroatoms. The average Bonchev–Trinajstić information content (AvgIpc) is 2.88. The number of carbonyl (C=O) groups excluding carboxylic acids is 1. The van der Waals surface area contributed by atoms with Gasteiger partial charge >= 0.3 is 0 Å². The second-order valence-corrected chi connectivity index (χ2v) is 8.92. The van der Waals surface area contributed by atoms with Crippen molar-refractivity contribution in [1.29, 1.82) is 0 Å². The monoisotopic (exact) mass is 548 g/mol. The van der Waals surface area contributed by atoms with Crippen molar-refractivity contribution in [1.82, 2.24) is 5.43 Å². The number of rotatable bonds is 9. The molecule has 0 aliphatic rings. The molecule has 0 atom stereocenters. The zero-order valence-corrected chi connectivity index (χ0v) is 21.0. The molecule has 0 radical (unpaired) electrons. The van der Waals surface area contributed by atoms with Gasteiger partial charge < -0.3 is 9.47 Å². The summed E-state index contributed by atoms with van der Waals surface area (Å²) in [6.45, 7) is 0.735. The van der Waals surface area contributed by atoms with Gasteiger partial charge in [0.15, 0.2) is 0 Å². The van der Waals surface area contributed by atoms with E-state index in [-0.39, 0.29) is 5.91 Å². The van der Waals surface area contributed by atoms with Crippen LogP contribution in [0.5, 0.6) is 11.5 Å². The topological polar surface area (TPSA) is 59.9 Å². The lowest BCUT2D eigenvalue weighted by molar-refractivity contribution is 0.0950. The number of nitrogens with one attached hydrogen (secondary N) is 1. The lowest BCUT2D eigenvalue weighted by atomic mass is 10.2. The fraction of sp³-hybridized carbons (Fsp3) is 0.0714. The predicted molar refractivity (Wildman–Crippen MR) is 142 cm³/mol. The molecular formula is C28H22BrClN2O3. The number of halogens is 2. The summed E-state index contributed by atoms with van der Waals surface area (Å²) in [6.07, 6.45) is 1.56. The largest absolute Gasteiger partial charge is 0.488 e. The van der Waals surface area contributed by atoms with Gasteiger partial charge in [0.2, 0.25) is 0 Å². The summed E-state index contributed by atoms with van der Waals surface area (Å²) in [5.74, 6) is 0.737. The molecule has 0 unspecified atom stereocenters. The van der Waals surface area contributed by atoms with Crippen LogP contribution >= 0.6 is 27.5 Å². The normalized spacial score (nSPS) is 10.8. The van der Waals surface area contributed by atoms with Gasteiger partial charge in [-0.25, -0.2) is 5.43 Å². The van der Waals surface area contributed by atoms with Crippen LogP contribution in [0.1, 0.15) is 27.0 Å². The first-order valence-electron chi connectivity index (χ1n) is 10.8. The number of hydrogen-bond acceptors (Lipinski definition) is 4. The van der Waals surface area contributed by atoms with Crippen LogP contribution in [0.15, 0.2) is 107 Å². The number of hydrazone groups is 1. The van der Waals surface area contributed by atoms with E-state index in [0.29, 0.717) is 35.3 Å². The Morgan fingerprint density at radius 1 is 0.829 bits per heavy atom. The standard InChI is InChI=1S/C28H22BrClN2O3/c29-23-12-15-26(34-18-20-6-2-1-3-7-20)22(16-23)17-31-32-28(33)25-8-4-5-9-27(25)35-19-21-10-13-24(30)14-11-21/h1-17H,18-19H2,(H,32,33)/b31-17+. The van der Waals surface area contributed by atoms with Crippen molar-refractivity contribution in [2.24, 2.45) is 5.10 Å². The van der Waals surface area contributed by atoms with Gasteiger partial charge in [0.1, 0.15) is 24.7 Å². The Morgan fingerprint density at radius 2 is 1.49 bits per heavy atom. The maximum Gasteiger partial charge on any atom is 0.275 e. The minimum atomic E-state index is -0.380. The zero-order chi connectivity index (χ0) is 24.5. The van der Waals surface area contributed by atoms with Crippen molar-refractivity contribution in [3.8, 4) is 11.5 Å². The molecule has 1 N–H and O–H groups in total. The second kappa shape index (κ2) is 12.2. The van der Waals surface area contributed by atoms with E-state index in [9.17, 15) is 4.79 Å². The molecule has 4 aromatic carbocycles. The lowest BCUT2D eigenvalue weighted by Crippen LogP contribution is -2.18. The molecule has 4 rings (SSSR count). The van der Waals surface area contributed by atoms with Crippen LogP contribution < -0.4 is 14.9 Å². The Kier molecular flexibility index (Phi) is 8.54. The van der Waals surface area contributed by atoms with Crippen LogP contribution in [0.3, 0.4) is 0 Å². The second-order valence-electron chi connectivity index (χ2n) is 7.57. The first kappa shape index (κ1) is 24.5. The van der Waals surface area contributed by atoms with Crippen LogP contribution in [-0.4, -0.2) is 12.1 Å². The van der Waals surface area contributed by atoms with E-state index in [1.165, 1.54) is 0 Å². The van der Waals surface area contributed by atoms with Crippen molar-refractivity contribution < 1.29 is 14.3 Å². The fourth-order valence-corrected chi connectivity index (χ4v) is 3.73. The van der Waals surface area contributed by atoms with Crippen molar-refractivity contribution in [3.63, 3.8) is 0 Å². The number of nitrogens with zero attached hydrogens (tertiary/aromatic N) is 1. The van der Waals surface area contributed by atoms with Gasteiger partial charge in [-0.1, -0.05) is 82.1 Å². The van der Waals surface area contributed by atoms with E-state index in [4.69, 9.17) is 21.1 Å². The van der Waals surface area contributed by atoms with Gasteiger partial charge in [-0.3, -0.25) is 4.79 Å². The van der Waals surface area contributed by atoms with E-state index < -0.39 is 0 Å². The highest BCUT2D eigenvalue weighted by atomic mass is 79.9. The number of amides is 1. The van der Waals surface area contributed by atoms with Crippen molar-refractivity contribution in [2.45, 2.75) is 13.2 Å². The summed E-state index contributed by atoms with van der Waals surface area (Å²) < 4.78 is 12.7. The molecule has 0 saturated carbocycles. The lowest BCUT2D eigenvalue weighted by Gasteiger charge is -2.11.